The Balaban J connectivity index is 1.82. The topological polar surface area (TPSA) is 60.7 Å². The highest BCUT2D eigenvalue weighted by Gasteiger charge is 2.35. The van der Waals surface area contributed by atoms with Gasteiger partial charge in [-0.25, -0.2) is 9.79 Å². The van der Waals surface area contributed by atoms with E-state index in [1.807, 2.05) is 79.7 Å². The SMILES string of the molecule is CCOC(=O)C1=C(c2ccccc2)N=c2s/c(=C/c3cccc(C)c3)c(=O)n2[C@H]1c1ccc(C(C)C)cc1. The van der Waals surface area contributed by atoms with E-state index in [4.69, 9.17) is 9.73 Å². The number of aryl methyl sites for hydroxylation is 1. The molecular weight excluding hydrogens is 492 g/mol. The van der Waals surface area contributed by atoms with Crippen LogP contribution in [0.2, 0.25) is 0 Å². The van der Waals surface area contributed by atoms with Gasteiger partial charge in [0.15, 0.2) is 4.80 Å². The van der Waals surface area contributed by atoms with Crippen LogP contribution in [0, 0.1) is 6.92 Å². The summed E-state index contributed by atoms with van der Waals surface area (Å²) in [4.78, 5) is 32.9. The molecule has 0 amide bonds. The number of hydrogen-bond donors (Lipinski definition) is 0. The highest BCUT2D eigenvalue weighted by atomic mass is 32.1. The van der Waals surface area contributed by atoms with Crippen LogP contribution in [-0.2, 0) is 9.53 Å². The van der Waals surface area contributed by atoms with E-state index in [0.29, 0.717) is 26.5 Å². The van der Waals surface area contributed by atoms with Gasteiger partial charge in [0.1, 0.15) is 0 Å². The first-order valence-electron chi connectivity index (χ1n) is 12.8. The van der Waals surface area contributed by atoms with Gasteiger partial charge >= 0.3 is 5.97 Å². The van der Waals surface area contributed by atoms with E-state index in [9.17, 15) is 9.59 Å². The molecule has 1 atom stereocenters. The number of esters is 1. The summed E-state index contributed by atoms with van der Waals surface area (Å²) in [6, 6.07) is 25.1. The minimum Gasteiger partial charge on any atom is -0.463 e. The van der Waals surface area contributed by atoms with Crippen molar-refractivity contribution in [2.45, 2.75) is 39.7 Å². The van der Waals surface area contributed by atoms with E-state index in [1.54, 1.807) is 11.5 Å². The van der Waals surface area contributed by atoms with Gasteiger partial charge in [-0.1, -0.05) is 110 Å². The van der Waals surface area contributed by atoms with Crippen molar-refractivity contribution in [3.8, 4) is 0 Å². The van der Waals surface area contributed by atoms with Crippen molar-refractivity contribution in [1.82, 2.24) is 4.57 Å². The maximum Gasteiger partial charge on any atom is 0.338 e. The van der Waals surface area contributed by atoms with Crippen LogP contribution in [0.4, 0.5) is 0 Å². The summed E-state index contributed by atoms with van der Waals surface area (Å²) < 4.78 is 7.75. The molecule has 5 nitrogen and oxygen atoms in total. The van der Waals surface area contributed by atoms with Gasteiger partial charge in [0.25, 0.3) is 5.56 Å². The second-order valence-corrected chi connectivity index (χ2v) is 10.7. The Morgan fingerprint density at radius 3 is 2.45 bits per heavy atom. The molecule has 6 heteroatoms. The Kier molecular flexibility index (Phi) is 7.25. The number of thiazole rings is 1. The third kappa shape index (κ3) is 4.92. The van der Waals surface area contributed by atoms with E-state index in [2.05, 4.69) is 26.0 Å². The summed E-state index contributed by atoms with van der Waals surface area (Å²) in [5.74, 6) is -0.110. The normalized spacial score (nSPS) is 15.4. The Hall–Kier alpha value is -4.03. The molecule has 0 N–H and O–H groups in total. The number of ether oxygens (including phenoxy) is 1. The van der Waals surface area contributed by atoms with Gasteiger partial charge in [0, 0.05) is 5.56 Å². The predicted octanol–water partition coefficient (Wildman–Crippen LogP) is 5.37. The molecule has 2 heterocycles. The van der Waals surface area contributed by atoms with Crippen molar-refractivity contribution in [2.75, 3.05) is 6.61 Å². The average molecular weight is 523 g/mol. The molecule has 0 radical (unpaired) electrons. The largest absolute Gasteiger partial charge is 0.463 e. The molecule has 5 rings (SSSR count). The Morgan fingerprint density at radius 2 is 1.79 bits per heavy atom. The fraction of sp³-hybridized carbons (Fsp3) is 0.219. The second-order valence-electron chi connectivity index (χ2n) is 9.67. The number of aromatic nitrogens is 1. The molecule has 0 saturated heterocycles. The molecule has 38 heavy (non-hydrogen) atoms. The first-order valence-corrected chi connectivity index (χ1v) is 13.6. The van der Waals surface area contributed by atoms with Crippen LogP contribution in [0.25, 0.3) is 11.8 Å². The summed E-state index contributed by atoms with van der Waals surface area (Å²) in [7, 11) is 0. The fourth-order valence-corrected chi connectivity index (χ4v) is 5.73. The van der Waals surface area contributed by atoms with Crippen molar-refractivity contribution in [1.29, 1.82) is 0 Å². The standard InChI is InChI=1S/C32H30N2O3S/c1-5-37-31(36)27-28(24-12-7-6-8-13-24)33-32-34(29(27)25-16-14-23(15-17-25)20(2)3)30(35)26(38-32)19-22-11-9-10-21(4)18-22/h6-20,29H,5H2,1-4H3/b26-19+/t29-/m0/s1. The van der Waals surface area contributed by atoms with Gasteiger partial charge in [-0.3, -0.25) is 9.36 Å². The van der Waals surface area contributed by atoms with Crippen molar-refractivity contribution >= 4 is 29.1 Å². The number of benzene rings is 3. The zero-order valence-corrected chi connectivity index (χ0v) is 22.8. The molecule has 1 aliphatic rings. The molecule has 0 unspecified atom stereocenters. The Bertz CT molecular complexity index is 1690. The number of fused-ring (bicyclic) bond motifs is 1. The molecule has 0 bridgehead atoms. The molecule has 0 fully saturated rings. The Morgan fingerprint density at radius 1 is 1.05 bits per heavy atom. The van der Waals surface area contributed by atoms with Gasteiger partial charge in [-0.2, -0.15) is 0 Å². The number of hydrogen-bond acceptors (Lipinski definition) is 5. The third-order valence-electron chi connectivity index (χ3n) is 6.63. The fourth-order valence-electron chi connectivity index (χ4n) is 4.73. The summed E-state index contributed by atoms with van der Waals surface area (Å²) in [6.07, 6.45) is 1.89. The predicted molar refractivity (Wildman–Crippen MR) is 153 cm³/mol. The molecule has 0 spiro atoms. The van der Waals surface area contributed by atoms with Gasteiger partial charge in [0.05, 0.1) is 28.5 Å². The van der Waals surface area contributed by atoms with E-state index in [-0.39, 0.29) is 12.2 Å². The maximum absolute atomic E-state index is 13.9. The Labute approximate surface area is 226 Å². The number of carbonyl (C=O) groups is 1. The van der Waals surface area contributed by atoms with E-state index < -0.39 is 12.0 Å². The van der Waals surface area contributed by atoms with Gasteiger partial charge in [-0.05, 0) is 42.5 Å². The first-order chi connectivity index (χ1) is 18.4. The molecular formula is C32H30N2O3S. The smallest absolute Gasteiger partial charge is 0.338 e. The monoisotopic (exact) mass is 522 g/mol. The van der Waals surface area contributed by atoms with Crippen LogP contribution >= 0.6 is 11.3 Å². The highest BCUT2D eigenvalue weighted by molar-refractivity contribution is 7.07. The molecule has 3 aromatic carbocycles. The lowest BCUT2D eigenvalue weighted by molar-refractivity contribution is -0.138. The summed E-state index contributed by atoms with van der Waals surface area (Å²) in [6.45, 7) is 8.31. The third-order valence-corrected chi connectivity index (χ3v) is 7.62. The van der Waals surface area contributed by atoms with Crippen molar-refractivity contribution in [2.24, 2.45) is 4.99 Å². The van der Waals surface area contributed by atoms with Crippen LogP contribution in [0.5, 0.6) is 0 Å². The lowest BCUT2D eigenvalue weighted by Gasteiger charge is -2.26. The van der Waals surface area contributed by atoms with Crippen molar-refractivity contribution < 1.29 is 9.53 Å². The molecule has 192 valence electrons. The van der Waals surface area contributed by atoms with E-state index in [0.717, 1.165) is 22.3 Å². The zero-order chi connectivity index (χ0) is 26.8. The van der Waals surface area contributed by atoms with E-state index in [1.165, 1.54) is 16.9 Å². The molecule has 1 aliphatic heterocycles. The van der Waals surface area contributed by atoms with Crippen LogP contribution in [0.1, 0.15) is 60.5 Å². The minimum atomic E-state index is -0.665. The zero-order valence-electron chi connectivity index (χ0n) is 22.0. The average Bonchev–Trinajstić information content (AvgIpc) is 3.22. The minimum absolute atomic E-state index is 0.179. The molecule has 4 aromatic rings. The van der Waals surface area contributed by atoms with E-state index >= 15 is 0 Å². The molecule has 1 aromatic heterocycles. The number of rotatable bonds is 6. The van der Waals surface area contributed by atoms with Crippen molar-refractivity contribution in [3.63, 3.8) is 0 Å². The molecule has 0 aliphatic carbocycles. The van der Waals surface area contributed by atoms with Crippen LogP contribution < -0.4 is 14.9 Å². The van der Waals surface area contributed by atoms with Crippen LogP contribution in [-0.4, -0.2) is 17.1 Å². The highest BCUT2D eigenvalue weighted by Crippen LogP contribution is 2.35. The first kappa shape index (κ1) is 25.6. The van der Waals surface area contributed by atoms with Gasteiger partial charge in [0.2, 0.25) is 0 Å². The van der Waals surface area contributed by atoms with Gasteiger partial charge in [-0.15, -0.1) is 0 Å². The summed E-state index contributed by atoms with van der Waals surface area (Å²) in [5, 5.41) is 0. The quantitative estimate of drug-likeness (QED) is 0.320. The second kappa shape index (κ2) is 10.8. The lowest BCUT2D eigenvalue weighted by Crippen LogP contribution is -2.40. The number of nitrogens with zero attached hydrogens (tertiary/aromatic N) is 2. The summed E-state index contributed by atoms with van der Waals surface area (Å²) >= 11 is 1.34. The van der Waals surface area contributed by atoms with Crippen molar-refractivity contribution in [3.05, 3.63) is 132 Å². The van der Waals surface area contributed by atoms with Crippen LogP contribution in [0.3, 0.4) is 0 Å². The molecule has 0 saturated carbocycles. The number of carbonyl (C=O) groups excluding carboxylic acids is 1. The van der Waals surface area contributed by atoms with Gasteiger partial charge < -0.3 is 4.74 Å². The summed E-state index contributed by atoms with van der Waals surface area (Å²) in [5.41, 5.74) is 5.61. The maximum atomic E-state index is 13.9. The van der Waals surface area contributed by atoms with Crippen LogP contribution in [0.15, 0.2) is 94.2 Å². The lowest BCUT2D eigenvalue weighted by atomic mass is 9.91.